The molecule has 1 aromatic rings. The Labute approximate surface area is 174 Å². The van der Waals surface area contributed by atoms with E-state index in [1.54, 1.807) is 18.2 Å². The van der Waals surface area contributed by atoms with E-state index in [0.717, 1.165) is 24.2 Å². The second kappa shape index (κ2) is 8.81. The maximum absolute atomic E-state index is 13.7. The lowest BCUT2D eigenvalue weighted by atomic mass is 9.73. The van der Waals surface area contributed by atoms with Gasteiger partial charge in [-0.15, -0.1) is 0 Å². The Morgan fingerprint density at radius 2 is 2.03 bits per heavy atom. The number of urea groups is 1. The highest BCUT2D eigenvalue weighted by molar-refractivity contribution is 6.09. The van der Waals surface area contributed by atoms with Crippen molar-refractivity contribution in [1.82, 2.24) is 15.1 Å². The molecular formula is C21H26FN3O5. The van der Waals surface area contributed by atoms with Crippen molar-refractivity contribution in [2.45, 2.75) is 44.7 Å². The van der Waals surface area contributed by atoms with Crippen molar-refractivity contribution in [3.05, 3.63) is 35.6 Å². The molecule has 0 unspecified atom stereocenters. The number of hydrogen-bond acceptors (Lipinski definition) is 5. The number of carbonyl (C=O) groups excluding carboxylic acids is 4. The van der Waals surface area contributed by atoms with Crippen LogP contribution in [-0.4, -0.2) is 59.4 Å². The van der Waals surface area contributed by atoms with Gasteiger partial charge in [-0.1, -0.05) is 38.0 Å². The molecule has 162 valence electrons. The van der Waals surface area contributed by atoms with E-state index in [9.17, 15) is 23.6 Å². The summed E-state index contributed by atoms with van der Waals surface area (Å²) in [7, 11) is 1.47. The van der Waals surface area contributed by atoms with E-state index in [-0.39, 0.29) is 12.5 Å². The number of imide groups is 1. The number of hydrogen-bond donors (Lipinski definition) is 1. The minimum absolute atomic E-state index is 0.0164. The van der Waals surface area contributed by atoms with Crippen LogP contribution in [0.2, 0.25) is 0 Å². The van der Waals surface area contributed by atoms with Gasteiger partial charge in [-0.3, -0.25) is 19.3 Å². The predicted octanol–water partition coefficient (Wildman–Crippen LogP) is 1.83. The fourth-order valence-electron chi connectivity index (χ4n) is 4.04. The van der Waals surface area contributed by atoms with Gasteiger partial charge in [-0.05, 0) is 24.8 Å². The van der Waals surface area contributed by atoms with Crippen LogP contribution in [0.25, 0.3) is 0 Å². The molecular weight excluding hydrogens is 393 g/mol. The number of nitrogens with zero attached hydrogens (tertiary/aromatic N) is 2. The number of halogens is 1. The molecule has 0 aromatic heterocycles. The molecule has 30 heavy (non-hydrogen) atoms. The molecule has 1 saturated heterocycles. The van der Waals surface area contributed by atoms with E-state index >= 15 is 0 Å². The van der Waals surface area contributed by atoms with Crippen LogP contribution in [0.5, 0.6) is 0 Å². The van der Waals surface area contributed by atoms with Crippen molar-refractivity contribution in [3.8, 4) is 0 Å². The van der Waals surface area contributed by atoms with E-state index in [2.05, 4.69) is 5.32 Å². The summed E-state index contributed by atoms with van der Waals surface area (Å²) in [5, 5.41) is 2.76. The Morgan fingerprint density at radius 3 is 2.73 bits per heavy atom. The smallest absolute Gasteiger partial charge is 0.326 e. The monoisotopic (exact) mass is 419 g/mol. The Balaban J connectivity index is 1.52. The first kappa shape index (κ1) is 21.7. The highest BCUT2D eigenvalue weighted by Gasteiger charge is 2.55. The Bertz CT molecular complexity index is 861. The summed E-state index contributed by atoms with van der Waals surface area (Å²) in [6.07, 6.45) is 3.20. The standard InChI is InChI=1S/C21H26FN3O5/c1-14-7-5-6-10-21(14)19(28)25(20(29)23-21)12-18(27)30-13-17(26)24(2)11-15-8-3-4-9-16(15)22/h3-4,8-9,14H,5-7,10-13H2,1-2H3,(H,23,29)/t14-,21+/m0/s1. The van der Waals surface area contributed by atoms with Gasteiger partial charge >= 0.3 is 12.0 Å². The summed E-state index contributed by atoms with van der Waals surface area (Å²) in [4.78, 5) is 51.6. The van der Waals surface area contributed by atoms with E-state index in [0.29, 0.717) is 12.0 Å². The van der Waals surface area contributed by atoms with Crippen LogP contribution in [0.15, 0.2) is 24.3 Å². The zero-order valence-electron chi connectivity index (χ0n) is 17.2. The molecule has 1 heterocycles. The van der Waals surface area contributed by atoms with Crippen molar-refractivity contribution < 1.29 is 28.3 Å². The maximum Gasteiger partial charge on any atom is 0.326 e. The lowest BCUT2D eigenvalue weighted by molar-refractivity contribution is -0.153. The zero-order chi connectivity index (χ0) is 21.9. The largest absolute Gasteiger partial charge is 0.454 e. The summed E-state index contributed by atoms with van der Waals surface area (Å²) < 4.78 is 18.7. The van der Waals surface area contributed by atoms with E-state index in [1.165, 1.54) is 18.0 Å². The van der Waals surface area contributed by atoms with E-state index in [1.807, 2.05) is 6.92 Å². The van der Waals surface area contributed by atoms with Gasteiger partial charge in [-0.25, -0.2) is 9.18 Å². The number of amides is 4. The molecule has 8 nitrogen and oxygen atoms in total. The third kappa shape index (κ3) is 4.29. The van der Waals surface area contributed by atoms with E-state index < -0.39 is 48.3 Å². The quantitative estimate of drug-likeness (QED) is 0.561. The van der Waals surface area contributed by atoms with Gasteiger partial charge in [-0.2, -0.15) is 0 Å². The van der Waals surface area contributed by atoms with Gasteiger partial charge in [0.05, 0.1) is 0 Å². The fraction of sp³-hybridized carbons (Fsp3) is 0.524. The van der Waals surface area contributed by atoms with Crippen LogP contribution >= 0.6 is 0 Å². The first-order valence-electron chi connectivity index (χ1n) is 10.0. The first-order valence-corrected chi connectivity index (χ1v) is 10.0. The van der Waals surface area contributed by atoms with Crippen LogP contribution in [0.4, 0.5) is 9.18 Å². The van der Waals surface area contributed by atoms with Crippen LogP contribution in [0.1, 0.15) is 38.2 Å². The molecule has 2 atom stereocenters. The van der Waals surface area contributed by atoms with Crippen LogP contribution < -0.4 is 5.32 Å². The number of benzene rings is 1. The van der Waals surface area contributed by atoms with Gasteiger partial charge < -0.3 is 15.0 Å². The van der Waals surface area contributed by atoms with Crippen LogP contribution in [-0.2, 0) is 25.7 Å². The molecule has 1 aromatic carbocycles. The lowest BCUT2D eigenvalue weighted by Gasteiger charge is -2.36. The number of likely N-dealkylation sites (N-methyl/N-ethyl adjacent to an activating group) is 1. The second-order valence-corrected chi connectivity index (χ2v) is 7.94. The van der Waals surface area contributed by atoms with Gasteiger partial charge in [0.15, 0.2) is 6.61 Å². The molecule has 9 heteroatoms. The molecule has 1 spiro atoms. The van der Waals surface area contributed by atoms with Crippen molar-refractivity contribution in [2.75, 3.05) is 20.2 Å². The molecule has 1 aliphatic carbocycles. The normalized spacial score (nSPS) is 23.4. The van der Waals surface area contributed by atoms with Gasteiger partial charge in [0.25, 0.3) is 11.8 Å². The minimum atomic E-state index is -0.953. The third-order valence-electron chi connectivity index (χ3n) is 5.94. The number of ether oxygens (including phenoxy) is 1. The number of nitrogens with one attached hydrogen (secondary N) is 1. The SMILES string of the molecule is C[C@H]1CCCC[C@@]12NC(=O)N(CC(=O)OCC(=O)N(C)Cc1ccccc1F)C2=O. The number of carbonyl (C=O) groups is 4. The number of rotatable bonds is 6. The molecule has 1 saturated carbocycles. The number of esters is 1. The summed E-state index contributed by atoms with van der Waals surface area (Å²) >= 11 is 0. The predicted molar refractivity (Wildman–Crippen MR) is 104 cm³/mol. The molecule has 0 radical (unpaired) electrons. The molecule has 0 bridgehead atoms. The highest BCUT2D eigenvalue weighted by atomic mass is 19.1. The van der Waals surface area contributed by atoms with Crippen molar-refractivity contribution in [2.24, 2.45) is 5.92 Å². The van der Waals surface area contributed by atoms with Crippen LogP contribution in [0.3, 0.4) is 0 Å². The Morgan fingerprint density at radius 1 is 1.30 bits per heavy atom. The molecule has 2 aliphatic rings. The average molecular weight is 419 g/mol. The van der Waals surface area contributed by atoms with Crippen molar-refractivity contribution in [1.29, 1.82) is 0 Å². The fourth-order valence-corrected chi connectivity index (χ4v) is 4.04. The van der Waals surface area contributed by atoms with Gasteiger partial charge in [0.2, 0.25) is 0 Å². The molecule has 1 N–H and O–H groups in total. The summed E-state index contributed by atoms with van der Waals surface area (Å²) in [5.41, 5.74) is -0.614. The van der Waals surface area contributed by atoms with Crippen molar-refractivity contribution in [3.63, 3.8) is 0 Å². The third-order valence-corrected chi connectivity index (χ3v) is 5.94. The Hall–Kier alpha value is -2.97. The molecule has 3 rings (SSSR count). The van der Waals surface area contributed by atoms with Gasteiger partial charge in [0.1, 0.15) is 17.9 Å². The summed E-state index contributed by atoms with van der Waals surface area (Å²) in [6, 6.07) is 5.45. The first-order chi connectivity index (χ1) is 14.2. The maximum atomic E-state index is 13.7. The van der Waals surface area contributed by atoms with Gasteiger partial charge in [0, 0.05) is 19.2 Å². The topological polar surface area (TPSA) is 96.0 Å². The minimum Gasteiger partial charge on any atom is -0.454 e. The highest BCUT2D eigenvalue weighted by Crippen LogP contribution is 2.38. The molecule has 2 fully saturated rings. The summed E-state index contributed by atoms with van der Waals surface area (Å²) in [5.74, 6) is -2.25. The molecule has 1 aliphatic heterocycles. The average Bonchev–Trinajstić information content (AvgIpc) is 2.95. The second-order valence-electron chi connectivity index (χ2n) is 7.94. The zero-order valence-corrected chi connectivity index (χ0v) is 17.2. The lowest BCUT2D eigenvalue weighted by Crippen LogP contribution is -2.54. The van der Waals surface area contributed by atoms with Crippen molar-refractivity contribution >= 4 is 23.8 Å². The van der Waals surface area contributed by atoms with E-state index in [4.69, 9.17) is 4.74 Å². The molecule has 4 amide bonds. The Kier molecular flexibility index (Phi) is 6.38. The van der Waals surface area contributed by atoms with Crippen LogP contribution in [0, 0.1) is 11.7 Å². The summed E-state index contributed by atoms with van der Waals surface area (Å²) in [6.45, 7) is 0.831.